The zero-order valence-corrected chi connectivity index (χ0v) is 18.6. The zero-order chi connectivity index (χ0) is 24.0. The van der Waals surface area contributed by atoms with Crippen LogP contribution in [0.1, 0.15) is 40.8 Å². The molecule has 33 heavy (non-hydrogen) atoms. The molecule has 174 valence electrons. The predicted molar refractivity (Wildman–Crippen MR) is 120 cm³/mol. The number of amides is 1. The fourth-order valence-corrected chi connectivity index (χ4v) is 3.75. The van der Waals surface area contributed by atoms with Gasteiger partial charge in [0.1, 0.15) is 11.9 Å². The second-order valence-corrected chi connectivity index (χ2v) is 7.99. The number of benzene rings is 3. The molecule has 0 saturated heterocycles. The highest BCUT2D eigenvalue weighted by Crippen LogP contribution is 2.31. The number of carbonyl (C=O) groups is 1. The van der Waals surface area contributed by atoms with Crippen molar-refractivity contribution in [2.24, 2.45) is 0 Å². The number of hydrogen-bond acceptors (Lipinski definition) is 2. The zero-order valence-electron chi connectivity index (χ0n) is 17.8. The molecule has 0 aliphatic rings. The Bertz CT molecular complexity index is 1070. The Hall–Kier alpha value is -2.90. The predicted octanol–water partition coefficient (Wildman–Crippen LogP) is 6.25. The van der Waals surface area contributed by atoms with Gasteiger partial charge in [-0.1, -0.05) is 60.1 Å². The van der Waals surface area contributed by atoms with Gasteiger partial charge in [-0.2, -0.15) is 13.2 Å². The highest BCUT2D eigenvalue weighted by molar-refractivity contribution is 6.30. The third-order valence-corrected chi connectivity index (χ3v) is 5.65. The second-order valence-electron chi connectivity index (χ2n) is 7.58. The van der Waals surface area contributed by atoms with Crippen LogP contribution in [0.5, 0.6) is 0 Å². The van der Waals surface area contributed by atoms with Crippen LogP contribution in [0.3, 0.4) is 0 Å². The van der Waals surface area contributed by atoms with Crippen molar-refractivity contribution in [2.75, 3.05) is 7.05 Å². The second kappa shape index (κ2) is 10.8. The first-order valence-corrected chi connectivity index (χ1v) is 10.7. The van der Waals surface area contributed by atoms with Gasteiger partial charge in [0.2, 0.25) is 5.91 Å². The Labute approximate surface area is 194 Å². The van der Waals surface area contributed by atoms with E-state index in [0.717, 1.165) is 17.7 Å². The molecule has 0 aliphatic heterocycles. The number of carbonyl (C=O) groups excluding carboxylic acids is 1. The molecule has 2 N–H and O–H groups in total. The molecule has 0 radical (unpaired) electrons. The Morgan fingerprint density at radius 1 is 0.970 bits per heavy atom. The topological polar surface area (TPSA) is 41.1 Å². The van der Waals surface area contributed by atoms with E-state index in [0.29, 0.717) is 24.0 Å². The largest absolute Gasteiger partial charge is 0.416 e. The van der Waals surface area contributed by atoms with Gasteiger partial charge in [0.25, 0.3) is 0 Å². The molecule has 1 amide bonds. The van der Waals surface area contributed by atoms with Crippen molar-refractivity contribution >= 4 is 17.5 Å². The average molecular weight is 479 g/mol. The number of likely N-dealkylation sites (N-methyl/N-ethyl adjacent to an activating group) is 1. The van der Waals surface area contributed by atoms with Crippen LogP contribution in [0, 0.1) is 5.82 Å². The lowest BCUT2D eigenvalue weighted by Gasteiger charge is -2.26. The third-order valence-electron chi connectivity index (χ3n) is 5.36. The Balaban J connectivity index is 1.87. The summed E-state index contributed by atoms with van der Waals surface area (Å²) in [6.45, 7) is 0. The summed E-state index contributed by atoms with van der Waals surface area (Å²) in [6, 6.07) is 17.3. The summed E-state index contributed by atoms with van der Waals surface area (Å²) in [6.07, 6.45) is -3.53. The molecule has 3 nitrogen and oxygen atoms in total. The van der Waals surface area contributed by atoms with Gasteiger partial charge in [-0.25, -0.2) is 4.39 Å². The smallest absolute Gasteiger partial charge is 0.358 e. The van der Waals surface area contributed by atoms with E-state index in [1.165, 1.54) is 31.3 Å². The molecular weight excluding hydrogens is 456 g/mol. The van der Waals surface area contributed by atoms with Crippen LogP contribution in [-0.2, 0) is 17.4 Å². The van der Waals surface area contributed by atoms with Crippen molar-refractivity contribution in [2.45, 2.75) is 31.1 Å². The van der Waals surface area contributed by atoms with Crippen LogP contribution in [-0.4, -0.2) is 13.0 Å². The standard InChI is InChI=1S/C25H23ClF4N2O/c1-31-24(33)23(17-5-3-2-4-6-17)32-22(18-10-13-21(27)20(26)15-18)14-9-16-7-11-19(12-8-16)25(28,29)30/h2-8,10-13,15,22-23,32H,9,14H2,1H3,(H,31,33)/t22-,23+/m1/s1. The maximum Gasteiger partial charge on any atom is 0.416 e. The quantitative estimate of drug-likeness (QED) is 0.376. The van der Waals surface area contributed by atoms with Gasteiger partial charge in [-0.3, -0.25) is 10.1 Å². The van der Waals surface area contributed by atoms with E-state index in [-0.39, 0.29) is 10.9 Å². The van der Waals surface area contributed by atoms with Crippen molar-refractivity contribution in [3.63, 3.8) is 0 Å². The van der Waals surface area contributed by atoms with Gasteiger partial charge in [-0.05, 0) is 53.8 Å². The molecule has 0 unspecified atom stereocenters. The van der Waals surface area contributed by atoms with Gasteiger partial charge < -0.3 is 5.32 Å². The van der Waals surface area contributed by atoms with Crippen LogP contribution in [0.25, 0.3) is 0 Å². The van der Waals surface area contributed by atoms with Crippen molar-refractivity contribution in [1.29, 1.82) is 0 Å². The molecule has 3 aromatic rings. The summed E-state index contributed by atoms with van der Waals surface area (Å²) in [5.74, 6) is -0.818. The van der Waals surface area contributed by atoms with Crippen molar-refractivity contribution in [3.05, 3.63) is 106 Å². The lowest BCUT2D eigenvalue weighted by molar-refractivity contribution is -0.137. The molecule has 0 aromatic heterocycles. The summed E-state index contributed by atoms with van der Waals surface area (Å²) >= 11 is 5.99. The van der Waals surface area contributed by atoms with E-state index in [1.807, 2.05) is 30.3 Å². The number of rotatable bonds is 8. The molecule has 0 saturated carbocycles. The minimum atomic E-state index is -4.40. The van der Waals surface area contributed by atoms with Crippen LogP contribution in [0.2, 0.25) is 5.02 Å². The van der Waals surface area contributed by atoms with Gasteiger partial charge in [0, 0.05) is 13.1 Å². The summed E-state index contributed by atoms with van der Waals surface area (Å²) in [7, 11) is 1.53. The van der Waals surface area contributed by atoms with E-state index >= 15 is 0 Å². The first-order valence-electron chi connectivity index (χ1n) is 10.3. The van der Waals surface area contributed by atoms with E-state index in [9.17, 15) is 22.4 Å². The molecule has 0 fully saturated rings. The Morgan fingerprint density at radius 3 is 2.21 bits per heavy atom. The molecule has 2 atom stereocenters. The van der Waals surface area contributed by atoms with Gasteiger partial charge in [-0.15, -0.1) is 0 Å². The van der Waals surface area contributed by atoms with Crippen molar-refractivity contribution in [3.8, 4) is 0 Å². The van der Waals surface area contributed by atoms with Gasteiger partial charge in [0.15, 0.2) is 0 Å². The summed E-state index contributed by atoms with van der Waals surface area (Å²) in [5, 5.41) is 5.91. The summed E-state index contributed by atoms with van der Waals surface area (Å²) < 4.78 is 52.3. The van der Waals surface area contributed by atoms with E-state index < -0.39 is 29.6 Å². The molecular formula is C25H23ClF4N2O. The highest BCUT2D eigenvalue weighted by Gasteiger charge is 2.30. The molecule has 3 aromatic carbocycles. The highest BCUT2D eigenvalue weighted by atomic mass is 35.5. The fraction of sp³-hybridized carbons (Fsp3) is 0.240. The fourth-order valence-electron chi connectivity index (χ4n) is 3.56. The third kappa shape index (κ3) is 6.55. The summed E-state index contributed by atoms with van der Waals surface area (Å²) in [4.78, 5) is 12.6. The number of hydrogen-bond donors (Lipinski definition) is 2. The Morgan fingerprint density at radius 2 is 1.64 bits per heavy atom. The monoisotopic (exact) mass is 478 g/mol. The minimum Gasteiger partial charge on any atom is -0.358 e. The molecule has 3 rings (SSSR count). The SMILES string of the molecule is CNC(=O)[C@@H](N[C@H](CCc1ccc(C(F)(F)F)cc1)c1ccc(F)c(Cl)c1)c1ccccc1. The number of nitrogens with one attached hydrogen (secondary N) is 2. The minimum absolute atomic E-state index is 0.0509. The van der Waals surface area contributed by atoms with Crippen LogP contribution < -0.4 is 10.6 Å². The van der Waals surface area contributed by atoms with Crippen molar-refractivity contribution in [1.82, 2.24) is 10.6 Å². The number of halogens is 5. The average Bonchev–Trinajstić information content (AvgIpc) is 2.81. The molecule has 0 bridgehead atoms. The van der Waals surface area contributed by atoms with Crippen LogP contribution in [0.15, 0.2) is 72.8 Å². The summed E-state index contributed by atoms with van der Waals surface area (Å²) in [5.41, 5.74) is 1.40. The molecule has 0 heterocycles. The number of aryl methyl sites for hydroxylation is 1. The molecule has 0 aliphatic carbocycles. The maximum absolute atomic E-state index is 13.7. The molecule has 8 heteroatoms. The lowest BCUT2D eigenvalue weighted by Crippen LogP contribution is -2.38. The van der Waals surface area contributed by atoms with Gasteiger partial charge >= 0.3 is 6.18 Å². The van der Waals surface area contributed by atoms with E-state index in [2.05, 4.69) is 10.6 Å². The number of alkyl halides is 3. The normalized spacial score (nSPS) is 13.4. The molecule has 0 spiro atoms. The van der Waals surface area contributed by atoms with Crippen LogP contribution >= 0.6 is 11.6 Å². The van der Waals surface area contributed by atoms with E-state index in [1.54, 1.807) is 6.07 Å². The van der Waals surface area contributed by atoms with Gasteiger partial charge in [0.05, 0.1) is 10.6 Å². The first kappa shape index (κ1) is 24.7. The maximum atomic E-state index is 13.7. The Kier molecular flexibility index (Phi) is 8.10. The first-order chi connectivity index (χ1) is 15.7. The van der Waals surface area contributed by atoms with E-state index in [4.69, 9.17) is 11.6 Å². The van der Waals surface area contributed by atoms with Crippen LogP contribution in [0.4, 0.5) is 17.6 Å². The lowest BCUT2D eigenvalue weighted by atomic mass is 9.96. The van der Waals surface area contributed by atoms with Crippen molar-refractivity contribution < 1.29 is 22.4 Å².